The Balaban J connectivity index is 3.48. The molecule has 0 fully saturated rings. The summed E-state index contributed by atoms with van der Waals surface area (Å²) < 4.78 is 22.2. The standard InChI is InChI=1S/C9H9ClN2O5S/c1-6(13)11(2)8-4-3-7(18(10,16)17)5-9(8)12(14)15/h3-5H,1-2H3. The van der Waals surface area contributed by atoms with Crippen molar-refractivity contribution in [2.24, 2.45) is 0 Å². The van der Waals surface area contributed by atoms with Crippen LogP contribution in [0.4, 0.5) is 11.4 Å². The Hall–Kier alpha value is -1.67. The van der Waals surface area contributed by atoms with Crippen LogP contribution in [0.25, 0.3) is 0 Å². The summed E-state index contributed by atoms with van der Waals surface area (Å²) in [5.41, 5.74) is -0.508. The van der Waals surface area contributed by atoms with E-state index >= 15 is 0 Å². The highest BCUT2D eigenvalue weighted by Gasteiger charge is 2.23. The fourth-order valence-electron chi connectivity index (χ4n) is 1.25. The van der Waals surface area contributed by atoms with Gasteiger partial charge in [-0.1, -0.05) is 0 Å². The van der Waals surface area contributed by atoms with E-state index in [0.29, 0.717) is 0 Å². The Kier molecular flexibility index (Phi) is 3.92. The van der Waals surface area contributed by atoms with Gasteiger partial charge < -0.3 is 4.90 Å². The van der Waals surface area contributed by atoms with Gasteiger partial charge >= 0.3 is 0 Å². The number of hydrogen-bond acceptors (Lipinski definition) is 5. The van der Waals surface area contributed by atoms with Gasteiger partial charge in [0, 0.05) is 30.7 Å². The van der Waals surface area contributed by atoms with Gasteiger partial charge in [0.2, 0.25) is 5.91 Å². The summed E-state index contributed by atoms with van der Waals surface area (Å²) in [5.74, 6) is -0.417. The molecule has 0 radical (unpaired) electrons. The number of nitro groups is 1. The molecule has 0 aliphatic heterocycles. The molecule has 7 nitrogen and oxygen atoms in total. The van der Waals surface area contributed by atoms with Crippen LogP contribution in [0.15, 0.2) is 23.1 Å². The lowest BCUT2D eigenvalue weighted by Gasteiger charge is -2.15. The number of rotatable bonds is 3. The molecule has 9 heteroatoms. The van der Waals surface area contributed by atoms with Crippen molar-refractivity contribution in [1.29, 1.82) is 0 Å². The maximum Gasteiger partial charge on any atom is 0.294 e. The molecular formula is C9H9ClN2O5S. The van der Waals surface area contributed by atoms with Crippen LogP contribution in [0, 0.1) is 10.1 Å². The van der Waals surface area contributed by atoms with Gasteiger partial charge in [0.25, 0.3) is 14.7 Å². The molecule has 98 valence electrons. The van der Waals surface area contributed by atoms with Crippen LogP contribution in [0.2, 0.25) is 0 Å². The average molecular weight is 293 g/mol. The molecule has 0 spiro atoms. The minimum atomic E-state index is -4.06. The molecule has 0 aliphatic carbocycles. The Morgan fingerprint density at radius 3 is 2.39 bits per heavy atom. The number of amides is 1. The normalized spacial score (nSPS) is 11.1. The van der Waals surface area contributed by atoms with E-state index in [1.165, 1.54) is 14.0 Å². The molecule has 0 unspecified atom stereocenters. The molecule has 1 rings (SSSR count). The average Bonchev–Trinajstić information content (AvgIpc) is 2.25. The zero-order valence-electron chi connectivity index (χ0n) is 9.45. The molecule has 1 amide bonds. The zero-order chi connectivity index (χ0) is 14.1. The van der Waals surface area contributed by atoms with E-state index < -0.39 is 30.5 Å². The van der Waals surface area contributed by atoms with Crippen LogP contribution >= 0.6 is 10.7 Å². The molecule has 18 heavy (non-hydrogen) atoms. The van der Waals surface area contributed by atoms with Crippen molar-refractivity contribution in [2.75, 3.05) is 11.9 Å². The Morgan fingerprint density at radius 1 is 1.44 bits per heavy atom. The third kappa shape index (κ3) is 2.96. The van der Waals surface area contributed by atoms with Crippen molar-refractivity contribution in [3.05, 3.63) is 28.3 Å². The largest absolute Gasteiger partial charge is 0.310 e. The highest BCUT2D eigenvalue weighted by molar-refractivity contribution is 8.13. The number of hydrogen-bond donors (Lipinski definition) is 0. The second kappa shape index (κ2) is 4.91. The lowest BCUT2D eigenvalue weighted by Crippen LogP contribution is -2.23. The van der Waals surface area contributed by atoms with Gasteiger partial charge in [-0.3, -0.25) is 14.9 Å². The van der Waals surface area contributed by atoms with Gasteiger partial charge in [-0.05, 0) is 12.1 Å². The van der Waals surface area contributed by atoms with Crippen LogP contribution in [0.3, 0.4) is 0 Å². The van der Waals surface area contributed by atoms with Gasteiger partial charge in [-0.25, -0.2) is 8.42 Å². The van der Waals surface area contributed by atoms with Crippen LogP contribution in [0.1, 0.15) is 6.92 Å². The van der Waals surface area contributed by atoms with E-state index in [1.807, 2.05) is 0 Å². The summed E-state index contributed by atoms with van der Waals surface area (Å²) in [6, 6.07) is 3.08. The van der Waals surface area contributed by atoms with Crippen LogP contribution in [-0.2, 0) is 13.8 Å². The summed E-state index contributed by atoms with van der Waals surface area (Å²) in [6.07, 6.45) is 0. The van der Waals surface area contributed by atoms with Gasteiger partial charge in [-0.15, -0.1) is 0 Å². The molecule has 1 aromatic rings. The van der Waals surface area contributed by atoms with Gasteiger partial charge in [0.15, 0.2) is 0 Å². The first-order chi connectivity index (χ1) is 8.14. The van der Waals surface area contributed by atoms with E-state index in [0.717, 1.165) is 23.1 Å². The minimum Gasteiger partial charge on any atom is -0.310 e. The van der Waals surface area contributed by atoms with E-state index in [4.69, 9.17) is 10.7 Å². The molecule has 0 bridgehead atoms. The van der Waals surface area contributed by atoms with Crippen LogP contribution in [-0.4, -0.2) is 26.3 Å². The van der Waals surface area contributed by atoms with Crippen molar-refractivity contribution < 1.29 is 18.1 Å². The molecule has 0 atom stereocenters. The predicted octanol–water partition coefficient (Wildman–Crippen LogP) is 1.50. The SMILES string of the molecule is CC(=O)N(C)c1ccc(S(=O)(=O)Cl)cc1[N+](=O)[O-]. The van der Waals surface area contributed by atoms with E-state index in [9.17, 15) is 23.3 Å². The number of halogens is 1. The highest BCUT2D eigenvalue weighted by Crippen LogP contribution is 2.31. The smallest absolute Gasteiger partial charge is 0.294 e. The molecule has 0 saturated carbocycles. The first-order valence-electron chi connectivity index (χ1n) is 4.62. The van der Waals surface area contributed by atoms with Gasteiger partial charge in [0.05, 0.1) is 9.82 Å². The summed E-state index contributed by atoms with van der Waals surface area (Å²) >= 11 is 0. The number of nitrogens with zero attached hydrogens (tertiary/aromatic N) is 2. The second-order valence-electron chi connectivity index (χ2n) is 3.42. The number of carbonyl (C=O) groups excluding carboxylic acids is 1. The Bertz CT molecular complexity index is 613. The molecule has 0 aromatic heterocycles. The lowest BCUT2D eigenvalue weighted by atomic mass is 10.2. The quantitative estimate of drug-likeness (QED) is 0.478. The van der Waals surface area contributed by atoms with Gasteiger partial charge in [0.1, 0.15) is 5.69 Å². The van der Waals surface area contributed by atoms with Crippen molar-refractivity contribution in [3.63, 3.8) is 0 Å². The molecule has 1 aromatic carbocycles. The monoisotopic (exact) mass is 292 g/mol. The topological polar surface area (TPSA) is 97.6 Å². The van der Waals surface area contributed by atoms with Crippen LogP contribution < -0.4 is 4.90 Å². The number of nitro benzene ring substituents is 1. The maximum absolute atomic E-state index is 11.2. The fourth-order valence-corrected chi connectivity index (χ4v) is 2.03. The first kappa shape index (κ1) is 14.4. The maximum atomic E-state index is 11.2. The fraction of sp³-hybridized carbons (Fsp3) is 0.222. The van der Waals surface area contributed by atoms with Gasteiger partial charge in [-0.2, -0.15) is 0 Å². The first-order valence-corrected chi connectivity index (χ1v) is 6.93. The summed E-state index contributed by atoms with van der Waals surface area (Å²) in [6.45, 7) is 1.23. The third-order valence-electron chi connectivity index (χ3n) is 2.26. The summed E-state index contributed by atoms with van der Waals surface area (Å²) in [7, 11) is 2.39. The highest BCUT2D eigenvalue weighted by atomic mass is 35.7. The molecule has 0 aliphatic rings. The lowest BCUT2D eigenvalue weighted by molar-refractivity contribution is -0.384. The van der Waals surface area contributed by atoms with Crippen LogP contribution in [0.5, 0.6) is 0 Å². The molecular weight excluding hydrogens is 284 g/mol. The zero-order valence-corrected chi connectivity index (χ0v) is 11.0. The Labute approximate surface area is 108 Å². The minimum absolute atomic E-state index is 0.00318. The number of benzene rings is 1. The molecule has 0 N–H and O–H groups in total. The van der Waals surface area contributed by atoms with Crippen molar-refractivity contribution >= 4 is 37.0 Å². The van der Waals surface area contributed by atoms with E-state index in [1.54, 1.807) is 0 Å². The van der Waals surface area contributed by atoms with Crippen molar-refractivity contribution in [2.45, 2.75) is 11.8 Å². The van der Waals surface area contributed by atoms with Crippen molar-refractivity contribution in [3.8, 4) is 0 Å². The van der Waals surface area contributed by atoms with Crippen molar-refractivity contribution in [1.82, 2.24) is 0 Å². The predicted molar refractivity (Wildman–Crippen MR) is 65.2 cm³/mol. The third-order valence-corrected chi connectivity index (χ3v) is 3.61. The summed E-state index contributed by atoms with van der Waals surface area (Å²) in [4.78, 5) is 21.9. The number of carbonyl (C=O) groups is 1. The molecule has 0 saturated heterocycles. The van der Waals surface area contributed by atoms with E-state index in [2.05, 4.69) is 0 Å². The number of anilines is 1. The Morgan fingerprint density at radius 2 is 2.00 bits per heavy atom. The molecule has 0 heterocycles. The van der Waals surface area contributed by atoms with E-state index in [-0.39, 0.29) is 5.69 Å². The second-order valence-corrected chi connectivity index (χ2v) is 5.99. The summed E-state index contributed by atoms with van der Waals surface area (Å²) in [5, 5.41) is 10.9.